The largest absolute Gasteiger partial charge is 1.00 e. The van der Waals surface area contributed by atoms with E-state index in [2.05, 4.69) is 0 Å². The maximum atomic E-state index is 10.8. The zero-order valence-corrected chi connectivity index (χ0v) is 17.4. The van der Waals surface area contributed by atoms with Gasteiger partial charge in [-0.2, -0.15) is 0 Å². The summed E-state index contributed by atoms with van der Waals surface area (Å²) in [5.41, 5.74) is 4.17. The molecule has 1 atom stereocenters. The average molecular weight is 382 g/mol. The van der Waals surface area contributed by atoms with Crippen LogP contribution in [0.4, 0.5) is 0 Å². The number of ketones is 1. The third kappa shape index (κ3) is 15.9. The van der Waals surface area contributed by atoms with Crippen LogP contribution in [0.25, 0.3) is 0 Å². The number of hydrogen-bond acceptors (Lipinski definition) is 3. The number of rotatable bonds is 4. The molecule has 2 aromatic carbocycles. The maximum Gasteiger partial charge on any atom is 1.00 e. The smallest absolute Gasteiger partial charge is 1.00 e. The SMILES string of the molecule is CC(=O)c1ccc(C)cc1.CCOCC.Cc1ccc(C(C)O)cc1.[AlH3].[H-].[Li+]. The van der Waals surface area contributed by atoms with Crippen molar-refractivity contribution in [3.63, 3.8) is 0 Å². The third-order valence-corrected chi connectivity index (χ3v) is 3.43. The molecular weight excluding hydrogens is 346 g/mol. The molecule has 0 amide bonds. The predicted octanol–water partition coefficient (Wildman–Crippen LogP) is 1.22. The molecular formula is C22H36AlLiO3. The molecule has 0 fully saturated rings. The van der Waals surface area contributed by atoms with Gasteiger partial charge in [0.25, 0.3) is 0 Å². The van der Waals surface area contributed by atoms with Crippen LogP contribution in [0.5, 0.6) is 0 Å². The van der Waals surface area contributed by atoms with Gasteiger partial charge in [-0.05, 0) is 47.1 Å². The fraction of sp³-hybridized carbons (Fsp3) is 0.409. The van der Waals surface area contributed by atoms with E-state index in [1.807, 2.05) is 76.2 Å². The number of hydrogen-bond donors (Lipinski definition) is 1. The van der Waals surface area contributed by atoms with Gasteiger partial charge in [-0.15, -0.1) is 0 Å². The Morgan fingerprint density at radius 1 is 0.963 bits per heavy atom. The number of ether oxygens (including phenoxy) is 1. The van der Waals surface area contributed by atoms with Gasteiger partial charge < -0.3 is 11.3 Å². The molecule has 1 unspecified atom stereocenters. The predicted molar refractivity (Wildman–Crippen MR) is 116 cm³/mol. The van der Waals surface area contributed by atoms with E-state index in [-0.39, 0.29) is 49.5 Å². The maximum absolute atomic E-state index is 10.8. The van der Waals surface area contributed by atoms with Gasteiger partial charge in [0, 0.05) is 18.8 Å². The Morgan fingerprint density at radius 2 is 1.33 bits per heavy atom. The molecule has 0 spiro atoms. The molecule has 0 bridgehead atoms. The summed E-state index contributed by atoms with van der Waals surface area (Å²) < 4.78 is 4.83. The summed E-state index contributed by atoms with van der Waals surface area (Å²) in [6, 6.07) is 15.5. The number of carbonyl (C=O) groups is 1. The van der Waals surface area contributed by atoms with Crippen molar-refractivity contribution < 1.29 is 34.9 Å². The van der Waals surface area contributed by atoms with Crippen molar-refractivity contribution in [3.05, 3.63) is 70.8 Å². The Morgan fingerprint density at radius 3 is 1.59 bits per heavy atom. The molecule has 0 saturated heterocycles. The topological polar surface area (TPSA) is 46.5 Å². The second kappa shape index (κ2) is 18.5. The Hall–Kier alpha value is -0.840. The molecule has 0 aliphatic rings. The number of aliphatic hydroxyl groups is 1. The van der Waals surface area contributed by atoms with Crippen LogP contribution in [0.15, 0.2) is 48.5 Å². The van der Waals surface area contributed by atoms with Gasteiger partial charge in [-0.25, -0.2) is 0 Å². The van der Waals surface area contributed by atoms with E-state index >= 15 is 0 Å². The minimum absolute atomic E-state index is 0. The summed E-state index contributed by atoms with van der Waals surface area (Å²) in [7, 11) is 0. The molecule has 0 radical (unpaired) electrons. The van der Waals surface area contributed by atoms with Gasteiger partial charge in [0.1, 0.15) is 0 Å². The normalized spacial score (nSPS) is 9.89. The van der Waals surface area contributed by atoms with E-state index in [0.29, 0.717) is 0 Å². The van der Waals surface area contributed by atoms with Crippen molar-refractivity contribution in [2.24, 2.45) is 0 Å². The summed E-state index contributed by atoms with van der Waals surface area (Å²) in [5.74, 6) is 0.125. The van der Waals surface area contributed by atoms with E-state index in [1.54, 1.807) is 13.8 Å². The summed E-state index contributed by atoms with van der Waals surface area (Å²) in [4.78, 5) is 10.8. The Balaban J connectivity index is -0.000000154. The second-order valence-corrected chi connectivity index (χ2v) is 5.79. The fourth-order valence-corrected chi connectivity index (χ4v) is 1.84. The van der Waals surface area contributed by atoms with Crippen molar-refractivity contribution in [2.45, 2.75) is 47.6 Å². The summed E-state index contributed by atoms with van der Waals surface area (Å²) in [6.45, 7) is 13.0. The Bertz CT molecular complexity index is 600. The van der Waals surface area contributed by atoms with Crippen molar-refractivity contribution in [1.82, 2.24) is 0 Å². The molecule has 1 N–H and O–H groups in total. The number of carbonyl (C=O) groups excluding carboxylic acids is 1. The molecule has 146 valence electrons. The quantitative estimate of drug-likeness (QED) is 0.639. The van der Waals surface area contributed by atoms with Crippen LogP contribution >= 0.6 is 0 Å². The van der Waals surface area contributed by atoms with Gasteiger partial charge >= 0.3 is 18.9 Å². The Kier molecular flexibility index (Phi) is 21.2. The zero-order chi connectivity index (χ0) is 19.2. The second-order valence-electron chi connectivity index (χ2n) is 5.79. The molecule has 0 saturated carbocycles. The van der Waals surface area contributed by atoms with Gasteiger partial charge in [-0.3, -0.25) is 4.79 Å². The number of benzene rings is 2. The standard InChI is InChI=1S/C9H12O.C9H10O.C4H10O.Al.Li.4H/c2*1-7-3-5-9(6-4-7)8(2)10;1-3-5-4-2;;;;;;/h3-6,8,10H,1-2H3;3-6H,1-2H3;3-4H2,1-2H3;;;;;;/q;;;;+1;;;;-1. The van der Waals surface area contributed by atoms with Gasteiger partial charge in [0.15, 0.2) is 23.1 Å². The first-order valence-electron chi connectivity index (χ1n) is 8.71. The fourth-order valence-electron chi connectivity index (χ4n) is 1.84. The first-order chi connectivity index (χ1) is 11.8. The van der Waals surface area contributed by atoms with E-state index in [4.69, 9.17) is 9.84 Å². The minimum Gasteiger partial charge on any atom is -1.00 e. The summed E-state index contributed by atoms with van der Waals surface area (Å²) >= 11 is 0. The molecule has 3 nitrogen and oxygen atoms in total. The van der Waals surface area contributed by atoms with Crippen LogP contribution in [-0.4, -0.2) is 41.5 Å². The van der Waals surface area contributed by atoms with Crippen LogP contribution in [0, 0.1) is 13.8 Å². The van der Waals surface area contributed by atoms with Gasteiger partial charge in [-0.1, -0.05) is 59.7 Å². The molecule has 0 aliphatic carbocycles. The number of aliphatic hydroxyl groups excluding tert-OH is 1. The Labute approximate surface area is 189 Å². The van der Waals surface area contributed by atoms with E-state index in [1.165, 1.54) is 11.1 Å². The van der Waals surface area contributed by atoms with E-state index < -0.39 is 0 Å². The van der Waals surface area contributed by atoms with Crippen molar-refractivity contribution in [3.8, 4) is 0 Å². The van der Waals surface area contributed by atoms with Crippen LogP contribution in [0.2, 0.25) is 0 Å². The van der Waals surface area contributed by atoms with Crippen LogP contribution in [0.1, 0.15) is 62.3 Å². The van der Waals surface area contributed by atoms with Crippen LogP contribution in [-0.2, 0) is 4.74 Å². The molecule has 0 aliphatic heterocycles. The van der Waals surface area contributed by atoms with Crippen molar-refractivity contribution in [2.75, 3.05) is 13.2 Å². The molecule has 2 aromatic rings. The van der Waals surface area contributed by atoms with Crippen molar-refractivity contribution in [1.29, 1.82) is 0 Å². The van der Waals surface area contributed by atoms with E-state index in [0.717, 1.165) is 24.3 Å². The first kappa shape index (κ1) is 30.9. The van der Waals surface area contributed by atoms with E-state index in [9.17, 15) is 4.79 Å². The summed E-state index contributed by atoms with van der Waals surface area (Å²) in [5, 5.41) is 9.11. The number of Topliss-reactive ketones (excluding diaryl/α,β-unsaturated/α-hetero) is 1. The average Bonchev–Trinajstić information content (AvgIpc) is 2.57. The molecule has 5 heteroatoms. The molecule has 0 aromatic heterocycles. The first-order valence-corrected chi connectivity index (χ1v) is 8.71. The molecule has 27 heavy (non-hydrogen) atoms. The van der Waals surface area contributed by atoms with Gasteiger partial charge in [0.2, 0.25) is 0 Å². The van der Waals surface area contributed by atoms with Crippen LogP contribution < -0.4 is 18.9 Å². The number of aryl methyl sites for hydroxylation is 2. The zero-order valence-electron chi connectivity index (χ0n) is 18.4. The molecule has 2 rings (SSSR count). The molecule has 0 heterocycles. The minimum atomic E-state index is -0.347. The van der Waals surface area contributed by atoms with Gasteiger partial charge in [0.05, 0.1) is 6.10 Å². The third-order valence-electron chi connectivity index (χ3n) is 3.43. The van der Waals surface area contributed by atoms with Crippen LogP contribution in [0.3, 0.4) is 0 Å². The monoisotopic (exact) mass is 382 g/mol. The van der Waals surface area contributed by atoms with Crippen molar-refractivity contribution >= 4 is 23.1 Å². The summed E-state index contributed by atoms with van der Waals surface area (Å²) in [6.07, 6.45) is -0.347.